The number of hydrogen-bond donors (Lipinski definition) is 2. The number of hydrogen-bond acceptors (Lipinski definition) is 6. The third-order valence-electron chi connectivity index (χ3n) is 10.9. The molecule has 2 N–H and O–H groups in total. The summed E-state index contributed by atoms with van der Waals surface area (Å²) in [7, 11) is 3.27. The van der Waals surface area contributed by atoms with Crippen LogP contribution in [-0.4, -0.2) is 53.2 Å². The molecule has 0 radical (unpaired) electrons. The molecule has 2 heterocycles. The van der Waals surface area contributed by atoms with E-state index in [0.717, 1.165) is 54.9 Å². The minimum absolute atomic E-state index is 0.0650. The molecule has 232 valence electrons. The highest BCUT2D eigenvalue weighted by atomic mass is 16.5. The number of pyridine rings is 1. The predicted octanol–water partition coefficient (Wildman–Crippen LogP) is 5.89. The maximum atomic E-state index is 14.4. The highest BCUT2D eigenvalue weighted by molar-refractivity contribution is 5.87. The molecule has 43 heavy (non-hydrogen) atoms. The maximum Gasteiger partial charge on any atom is 0.326 e. The number of likely N-dealkylation sites (tertiary alicyclic amines) is 1. The van der Waals surface area contributed by atoms with Crippen LogP contribution in [-0.2, 0) is 21.5 Å². The molecule has 5 fully saturated rings. The van der Waals surface area contributed by atoms with Gasteiger partial charge in [-0.1, -0.05) is 52.2 Å². The first-order valence-corrected chi connectivity index (χ1v) is 16.0. The van der Waals surface area contributed by atoms with Gasteiger partial charge < -0.3 is 24.8 Å². The molecule has 8 nitrogen and oxygen atoms in total. The van der Waals surface area contributed by atoms with Crippen LogP contribution in [0.1, 0.15) is 94.9 Å². The lowest BCUT2D eigenvalue weighted by Gasteiger charge is -2.62. The van der Waals surface area contributed by atoms with Gasteiger partial charge in [0.25, 0.3) is 0 Å². The van der Waals surface area contributed by atoms with Crippen molar-refractivity contribution in [3.05, 3.63) is 53.2 Å². The van der Waals surface area contributed by atoms with Crippen LogP contribution >= 0.6 is 0 Å². The van der Waals surface area contributed by atoms with Crippen LogP contribution < -0.4 is 14.8 Å². The molecule has 0 spiro atoms. The Kier molecular flexibility index (Phi) is 7.95. The topological polar surface area (TPSA) is 101 Å². The highest BCUT2D eigenvalue weighted by Gasteiger charge is 2.59. The first-order valence-electron chi connectivity index (χ1n) is 16.0. The molecule has 4 aliphatic carbocycles. The van der Waals surface area contributed by atoms with E-state index in [-0.39, 0.29) is 23.8 Å². The van der Waals surface area contributed by atoms with Crippen LogP contribution in [0.5, 0.6) is 11.6 Å². The van der Waals surface area contributed by atoms with Crippen molar-refractivity contribution in [3.8, 4) is 11.6 Å². The van der Waals surface area contributed by atoms with Crippen molar-refractivity contribution < 1.29 is 24.2 Å². The van der Waals surface area contributed by atoms with Gasteiger partial charge in [0.1, 0.15) is 11.8 Å². The Morgan fingerprint density at radius 3 is 2.37 bits per heavy atom. The van der Waals surface area contributed by atoms with Crippen molar-refractivity contribution in [2.24, 2.45) is 23.2 Å². The number of carbonyl (C=O) groups excluding carboxylic acids is 1. The molecule has 1 saturated heterocycles. The minimum Gasteiger partial charge on any atom is -0.496 e. The number of ether oxygens (including phenoxy) is 2. The average molecular weight is 590 g/mol. The number of amides is 1. The molecule has 4 atom stereocenters. The van der Waals surface area contributed by atoms with Crippen LogP contribution in [0.2, 0.25) is 0 Å². The van der Waals surface area contributed by atoms with E-state index in [4.69, 9.17) is 9.47 Å². The second kappa shape index (κ2) is 11.4. The van der Waals surface area contributed by atoms with Crippen LogP contribution in [0.3, 0.4) is 0 Å². The summed E-state index contributed by atoms with van der Waals surface area (Å²) >= 11 is 0. The van der Waals surface area contributed by atoms with Gasteiger partial charge in [0.05, 0.1) is 20.3 Å². The van der Waals surface area contributed by atoms with E-state index in [1.165, 1.54) is 24.8 Å². The maximum absolute atomic E-state index is 14.4. The highest BCUT2D eigenvalue weighted by Crippen LogP contribution is 2.65. The largest absolute Gasteiger partial charge is 0.496 e. The number of methoxy groups -OCH3 is 2. The molecule has 1 aromatic carbocycles. The lowest BCUT2D eigenvalue weighted by atomic mass is 9.42. The Labute approximate surface area is 255 Å². The molecule has 2 bridgehead atoms. The summed E-state index contributed by atoms with van der Waals surface area (Å²) in [4.78, 5) is 33.8. The molecule has 5 aliphatic rings. The third-order valence-corrected chi connectivity index (χ3v) is 10.9. The van der Waals surface area contributed by atoms with Gasteiger partial charge in [-0.2, -0.15) is 0 Å². The first-order chi connectivity index (χ1) is 20.6. The zero-order valence-corrected chi connectivity index (χ0v) is 26.3. The summed E-state index contributed by atoms with van der Waals surface area (Å²) < 4.78 is 11.5. The number of carboxylic acids is 1. The summed E-state index contributed by atoms with van der Waals surface area (Å²) in [5, 5.41) is 14.6. The normalized spacial score (nSPS) is 30.3. The fourth-order valence-electron chi connectivity index (χ4n) is 8.72. The number of benzene rings is 1. The van der Waals surface area contributed by atoms with Gasteiger partial charge in [-0.05, 0) is 72.6 Å². The summed E-state index contributed by atoms with van der Waals surface area (Å²) in [6, 6.07) is 8.42. The van der Waals surface area contributed by atoms with E-state index in [9.17, 15) is 14.7 Å². The lowest BCUT2D eigenvalue weighted by Crippen LogP contribution is -2.55. The van der Waals surface area contributed by atoms with Crippen LogP contribution in [0.25, 0.3) is 0 Å². The number of rotatable bonds is 9. The molecule has 1 amide bonds. The SMILES string of the molecule is COc1ccc(C23CC(C2)C3)cc1CN[C@H]1[C@H](C(C)(C)C)[C@@H](C(=O)O)N(C(=O)C2CCCCC2)[C@H]1c1cccnc1OC. The monoisotopic (exact) mass is 589 g/mol. The van der Waals surface area contributed by atoms with Gasteiger partial charge in [0, 0.05) is 41.7 Å². The Balaban J connectivity index is 1.43. The summed E-state index contributed by atoms with van der Waals surface area (Å²) in [6.07, 6.45) is 10.2. The van der Waals surface area contributed by atoms with E-state index in [2.05, 4.69) is 49.3 Å². The number of aliphatic carboxylic acids is 1. The zero-order chi connectivity index (χ0) is 30.5. The van der Waals surface area contributed by atoms with Crippen molar-refractivity contribution in [1.29, 1.82) is 0 Å². The van der Waals surface area contributed by atoms with Crippen molar-refractivity contribution >= 4 is 11.9 Å². The van der Waals surface area contributed by atoms with Gasteiger partial charge >= 0.3 is 5.97 Å². The Morgan fingerprint density at radius 1 is 1.07 bits per heavy atom. The van der Waals surface area contributed by atoms with Gasteiger partial charge in [-0.3, -0.25) is 4.79 Å². The van der Waals surface area contributed by atoms with E-state index in [1.807, 2.05) is 12.1 Å². The first kappa shape index (κ1) is 29.9. The Bertz CT molecular complexity index is 1350. The molecular weight excluding hydrogens is 542 g/mol. The molecule has 0 unspecified atom stereocenters. The number of carboxylic acid groups (broad SMARTS) is 1. The number of nitrogens with zero attached hydrogens (tertiary/aromatic N) is 2. The molecule has 7 rings (SSSR count). The molecule has 1 aromatic heterocycles. The molecule has 4 saturated carbocycles. The Morgan fingerprint density at radius 2 is 1.79 bits per heavy atom. The van der Waals surface area contributed by atoms with Crippen LogP contribution in [0.15, 0.2) is 36.5 Å². The standard InChI is InChI=1S/C35H47N3O5/c1-34(2,3)27-28(37-20-23-16-24(13-14-26(23)42-4)35-17-21(18-35)19-35)29(25-12-9-15-36-31(25)43-5)38(30(27)33(40)41)32(39)22-10-7-6-8-11-22/h9,12-16,21-22,27-30,37H,6-8,10-11,17-20H2,1-5H3,(H,40,41)/t21?,27-,28-,29-,30-,35?/m0/s1. The van der Waals surface area contributed by atoms with Crippen LogP contribution in [0.4, 0.5) is 0 Å². The third kappa shape index (κ3) is 5.19. The smallest absolute Gasteiger partial charge is 0.326 e. The fraction of sp³-hybridized carbons (Fsp3) is 0.629. The van der Waals surface area contributed by atoms with E-state index in [1.54, 1.807) is 25.3 Å². The van der Waals surface area contributed by atoms with Gasteiger partial charge in [0.2, 0.25) is 11.8 Å². The summed E-state index contributed by atoms with van der Waals surface area (Å²) in [6.45, 7) is 6.74. The fourth-order valence-corrected chi connectivity index (χ4v) is 8.72. The van der Waals surface area contributed by atoms with Gasteiger partial charge in [-0.15, -0.1) is 0 Å². The summed E-state index contributed by atoms with van der Waals surface area (Å²) in [5.74, 6) is 0.528. The molecular formula is C35H47N3O5. The zero-order valence-electron chi connectivity index (χ0n) is 26.3. The van der Waals surface area contributed by atoms with E-state index >= 15 is 0 Å². The average Bonchev–Trinajstić information content (AvgIpc) is 3.30. The quantitative estimate of drug-likeness (QED) is 0.376. The van der Waals surface area contributed by atoms with Crippen molar-refractivity contribution in [2.75, 3.05) is 14.2 Å². The Hall–Kier alpha value is -3.13. The van der Waals surface area contributed by atoms with E-state index in [0.29, 0.717) is 17.8 Å². The van der Waals surface area contributed by atoms with Crippen molar-refractivity contribution in [1.82, 2.24) is 15.2 Å². The molecule has 1 aliphatic heterocycles. The molecule has 8 heteroatoms. The second-order valence-corrected chi connectivity index (χ2v) is 14.5. The van der Waals surface area contributed by atoms with Crippen LogP contribution in [0, 0.1) is 23.2 Å². The summed E-state index contributed by atoms with van der Waals surface area (Å²) in [5.41, 5.74) is 3.05. The van der Waals surface area contributed by atoms with Crippen molar-refractivity contribution in [2.45, 2.75) is 102 Å². The lowest BCUT2D eigenvalue weighted by molar-refractivity contribution is -0.154. The van der Waals surface area contributed by atoms with Gasteiger partial charge in [-0.25, -0.2) is 9.78 Å². The van der Waals surface area contributed by atoms with E-state index < -0.39 is 23.5 Å². The number of nitrogens with one attached hydrogen (secondary N) is 1. The molecule has 2 aromatic rings. The number of aromatic nitrogens is 1. The van der Waals surface area contributed by atoms with Crippen molar-refractivity contribution in [3.63, 3.8) is 0 Å². The number of carbonyl (C=O) groups is 2. The minimum atomic E-state index is -0.990. The van der Waals surface area contributed by atoms with Gasteiger partial charge in [0.15, 0.2) is 0 Å². The second-order valence-electron chi connectivity index (χ2n) is 14.5. The predicted molar refractivity (Wildman–Crippen MR) is 164 cm³/mol.